The van der Waals surface area contributed by atoms with Crippen molar-refractivity contribution in [3.63, 3.8) is 0 Å². The van der Waals surface area contributed by atoms with Crippen LogP contribution in [0.3, 0.4) is 0 Å². The number of hydrogen-bond acceptors (Lipinski definition) is 4. The maximum Gasteiger partial charge on any atom is 0.343 e. The second-order valence-electron chi connectivity index (χ2n) is 11.7. The summed E-state index contributed by atoms with van der Waals surface area (Å²) in [5, 5.41) is 0. The van der Waals surface area contributed by atoms with Gasteiger partial charge >= 0.3 is 5.97 Å². The molecule has 3 aromatic rings. The zero-order chi connectivity index (χ0) is 26.1. The fourth-order valence-corrected chi connectivity index (χ4v) is 4.84. The average molecular weight is 486 g/mol. The normalized spacial score (nSPS) is 14.1. The van der Waals surface area contributed by atoms with Gasteiger partial charge in [-0.05, 0) is 53.5 Å². The quantitative estimate of drug-likeness (QED) is 0.273. The zero-order valence-electron chi connectivity index (χ0n) is 22.8. The lowest BCUT2D eigenvalue weighted by atomic mass is 9.79. The number of carbonyl (C=O) groups excluding carboxylic acids is 1. The van der Waals surface area contributed by atoms with Crippen molar-refractivity contribution in [2.75, 3.05) is 25.1 Å². The Balaban J connectivity index is 1.79. The molecule has 0 saturated carbocycles. The van der Waals surface area contributed by atoms with Gasteiger partial charge in [-0.15, -0.1) is 0 Å². The average Bonchev–Trinajstić information content (AvgIpc) is 3.38. The van der Waals surface area contributed by atoms with E-state index >= 15 is 0 Å². The molecule has 0 unspecified atom stereocenters. The topological polar surface area (TPSA) is 38.8 Å². The summed E-state index contributed by atoms with van der Waals surface area (Å²) in [4.78, 5) is 16.1. The number of esters is 1. The Hall–Kier alpha value is -3.27. The van der Waals surface area contributed by atoms with Gasteiger partial charge in [-0.25, -0.2) is 4.79 Å². The van der Waals surface area contributed by atoms with Gasteiger partial charge in [0.05, 0.1) is 12.7 Å². The maximum atomic E-state index is 13.7. The van der Waals surface area contributed by atoms with Gasteiger partial charge in [0, 0.05) is 35.5 Å². The highest BCUT2D eigenvalue weighted by molar-refractivity contribution is 5.95. The number of benzene rings is 3. The molecule has 1 heterocycles. The van der Waals surface area contributed by atoms with Crippen LogP contribution >= 0.6 is 0 Å². The van der Waals surface area contributed by atoms with E-state index in [0.29, 0.717) is 11.3 Å². The van der Waals surface area contributed by atoms with E-state index in [1.54, 1.807) is 7.11 Å². The van der Waals surface area contributed by atoms with E-state index in [1.165, 1.54) is 12.8 Å². The third-order valence-electron chi connectivity index (χ3n) is 6.87. The number of methoxy groups -OCH3 is 1. The van der Waals surface area contributed by atoms with Crippen molar-refractivity contribution < 1.29 is 14.3 Å². The fourth-order valence-electron chi connectivity index (χ4n) is 4.84. The van der Waals surface area contributed by atoms with Crippen molar-refractivity contribution in [2.45, 2.75) is 65.2 Å². The SMILES string of the molecule is COc1cc(C(C)(C)C)c(OC(=O)c2ccc(-c3ccccc3)c(N3CCCC3)c2)c(C(C)(C)C)c1. The lowest BCUT2D eigenvalue weighted by molar-refractivity contribution is 0.0728. The van der Waals surface area contributed by atoms with E-state index in [9.17, 15) is 4.79 Å². The molecule has 0 N–H and O–H groups in total. The largest absolute Gasteiger partial charge is 0.497 e. The van der Waals surface area contributed by atoms with Gasteiger partial charge in [0.25, 0.3) is 0 Å². The Morgan fingerprint density at radius 3 is 1.92 bits per heavy atom. The molecule has 4 heteroatoms. The molecule has 0 aliphatic carbocycles. The summed E-state index contributed by atoms with van der Waals surface area (Å²) < 4.78 is 11.9. The second kappa shape index (κ2) is 10.0. The van der Waals surface area contributed by atoms with E-state index < -0.39 is 0 Å². The summed E-state index contributed by atoms with van der Waals surface area (Å²) in [5.74, 6) is 1.07. The van der Waals surface area contributed by atoms with Crippen LogP contribution in [0, 0.1) is 0 Å². The Morgan fingerprint density at radius 2 is 1.39 bits per heavy atom. The molecule has 1 aliphatic heterocycles. The Morgan fingerprint density at radius 1 is 0.806 bits per heavy atom. The molecule has 1 aliphatic rings. The third-order valence-corrected chi connectivity index (χ3v) is 6.87. The highest BCUT2D eigenvalue weighted by Gasteiger charge is 2.30. The van der Waals surface area contributed by atoms with Crippen LogP contribution in [-0.4, -0.2) is 26.2 Å². The highest BCUT2D eigenvalue weighted by Crippen LogP contribution is 2.43. The smallest absolute Gasteiger partial charge is 0.343 e. The first-order valence-electron chi connectivity index (χ1n) is 12.9. The van der Waals surface area contributed by atoms with Gasteiger partial charge in [0.2, 0.25) is 0 Å². The molecule has 4 rings (SSSR count). The highest BCUT2D eigenvalue weighted by atomic mass is 16.5. The molecule has 3 aromatic carbocycles. The predicted molar refractivity (Wildman–Crippen MR) is 149 cm³/mol. The minimum absolute atomic E-state index is 0.234. The van der Waals surface area contributed by atoms with Crippen molar-refractivity contribution in [1.29, 1.82) is 0 Å². The van der Waals surface area contributed by atoms with Crippen molar-refractivity contribution in [3.05, 3.63) is 77.4 Å². The standard InChI is InChI=1S/C32H39NO3/c1-31(2,3)26-20-24(35-7)21-27(32(4,5)6)29(26)36-30(34)23-15-16-25(22-13-9-8-10-14-22)28(19-23)33-17-11-12-18-33/h8-10,13-16,19-21H,11-12,17-18H2,1-7H3. The van der Waals surface area contributed by atoms with Crippen molar-refractivity contribution in [1.82, 2.24) is 0 Å². The molecular formula is C32H39NO3. The Bertz CT molecular complexity index is 1190. The molecule has 0 atom stereocenters. The number of nitrogens with zero attached hydrogens (tertiary/aromatic N) is 1. The van der Waals surface area contributed by atoms with E-state index in [2.05, 4.69) is 76.8 Å². The molecular weight excluding hydrogens is 446 g/mol. The minimum atomic E-state index is -0.337. The van der Waals surface area contributed by atoms with E-state index in [0.717, 1.165) is 46.8 Å². The van der Waals surface area contributed by atoms with Crippen LogP contribution in [0.4, 0.5) is 5.69 Å². The molecule has 190 valence electrons. The van der Waals surface area contributed by atoms with Crippen molar-refractivity contribution >= 4 is 11.7 Å². The van der Waals surface area contributed by atoms with Crippen LogP contribution in [0.15, 0.2) is 60.7 Å². The summed E-state index contributed by atoms with van der Waals surface area (Å²) in [6.07, 6.45) is 2.33. The van der Waals surface area contributed by atoms with E-state index in [4.69, 9.17) is 9.47 Å². The van der Waals surface area contributed by atoms with Gasteiger partial charge in [0.15, 0.2) is 0 Å². The third kappa shape index (κ3) is 5.43. The minimum Gasteiger partial charge on any atom is -0.497 e. The van der Waals surface area contributed by atoms with E-state index in [-0.39, 0.29) is 16.8 Å². The van der Waals surface area contributed by atoms with Crippen LogP contribution in [0.25, 0.3) is 11.1 Å². The number of rotatable bonds is 5. The summed E-state index contributed by atoms with van der Waals surface area (Å²) in [6, 6.07) is 20.3. The molecule has 0 bridgehead atoms. The molecule has 1 fully saturated rings. The van der Waals surface area contributed by atoms with Crippen LogP contribution in [-0.2, 0) is 10.8 Å². The first kappa shape index (κ1) is 25.8. The first-order valence-corrected chi connectivity index (χ1v) is 12.9. The maximum absolute atomic E-state index is 13.7. The van der Waals surface area contributed by atoms with Gasteiger partial charge in [0.1, 0.15) is 11.5 Å². The Kier molecular flexibility index (Phi) is 7.17. The summed E-state index contributed by atoms with van der Waals surface area (Å²) >= 11 is 0. The van der Waals surface area contributed by atoms with Crippen LogP contribution in [0.5, 0.6) is 11.5 Å². The Labute approximate surface area is 216 Å². The molecule has 0 amide bonds. The molecule has 0 radical (unpaired) electrons. The first-order chi connectivity index (χ1) is 17.0. The molecule has 0 aromatic heterocycles. The number of hydrogen-bond donors (Lipinski definition) is 0. The van der Waals surface area contributed by atoms with Crippen LogP contribution < -0.4 is 14.4 Å². The molecule has 0 spiro atoms. The summed E-state index contributed by atoms with van der Waals surface area (Å²) in [5.41, 5.74) is 5.40. The lowest BCUT2D eigenvalue weighted by Crippen LogP contribution is -2.23. The van der Waals surface area contributed by atoms with Crippen LogP contribution in [0.1, 0.15) is 75.9 Å². The number of carbonyl (C=O) groups is 1. The van der Waals surface area contributed by atoms with Crippen molar-refractivity contribution in [2.24, 2.45) is 0 Å². The lowest BCUT2D eigenvalue weighted by Gasteiger charge is -2.30. The van der Waals surface area contributed by atoms with E-state index in [1.807, 2.05) is 30.3 Å². The molecule has 36 heavy (non-hydrogen) atoms. The van der Waals surface area contributed by atoms with Gasteiger partial charge in [-0.3, -0.25) is 0 Å². The fraction of sp³-hybridized carbons (Fsp3) is 0.406. The van der Waals surface area contributed by atoms with Crippen LogP contribution in [0.2, 0.25) is 0 Å². The monoisotopic (exact) mass is 485 g/mol. The zero-order valence-corrected chi connectivity index (χ0v) is 22.8. The summed E-state index contributed by atoms with van der Waals surface area (Å²) in [7, 11) is 1.67. The molecule has 4 nitrogen and oxygen atoms in total. The second-order valence-corrected chi connectivity index (χ2v) is 11.7. The molecule has 1 saturated heterocycles. The van der Waals surface area contributed by atoms with Gasteiger partial charge in [-0.2, -0.15) is 0 Å². The predicted octanol–water partition coefficient (Wildman–Crippen LogP) is 7.78. The number of ether oxygens (including phenoxy) is 2. The van der Waals surface area contributed by atoms with Gasteiger partial charge in [-0.1, -0.05) is 77.9 Å². The van der Waals surface area contributed by atoms with Gasteiger partial charge < -0.3 is 14.4 Å². The van der Waals surface area contributed by atoms with Crippen molar-refractivity contribution in [3.8, 4) is 22.6 Å². The summed E-state index contributed by atoms with van der Waals surface area (Å²) in [6.45, 7) is 14.8. The number of anilines is 1.